The molecule has 1 aliphatic heterocycles. The Morgan fingerprint density at radius 1 is 1.15 bits per heavy atom. The van der Waals surface area contributed by atoms with Gasteiger partial charge in [0.15, 0.2) is 0 Å². The van der Waals surface area contributed by atoms with Crippen LogP contribution in [-0.2, 0) is 9.59 Å². The van der Waals surface area contributed by atoms with E-state index in [0.717, 1.165) is 11.3 Å². The third-order valence-electron chi connectivity index (χ3n) is 3.79. The van der Waals surface area contributed by atoms with Gasteiger partial charge in [-0.2, -0.15) is 0 Å². The van der Waals surface area contributed by atoms with Gasteiger partial charge in [0, 0.05) is 5.69 Å². The minimum absolute atomic E-state index is 0.0413. The second-order valence-corrected chi connectivity index (χ2v) is 6.56. The minimum atomic E-state index is -0.481. The molecule has 0 saturated carbocycles. The van der Waals surface area contributed by atoms with Crippen molar-refractivity contribution in [3.8, 4) is 0 Å². The van der Waals surface area contributed by atoms with E-state index in [1.807, 2.05) is 52.8 Å². The first-order chi connectivity index (χ1) is 9.20. The van der Waals surface area contributed by atoms with Crippen LogP contribution in [0.3, 0.4) is 0 Å². The van der Waals surface area contributed by atoms with E-state index in [4.69, 9.17) is 0 Å². The molecule has 1 aromatic rings. The van der Waals surface area contributed by atoms with Crippen LogP contribution in [0.15, 0.2) is 18.2 Å². The number of carbonyl (C=O) groups excluding carboxylic acids is 2. The lowest BCUT2D eigenvalue weighted by Gasteiger charge is -2.39. The van der Waals surface area contributed by atoms with Crippen LogP contribution in [-0.4, -0.2) is 24.4 Å². The number of nitrogens with one attached hydrogen (secondary N) is 1. The van der Waals surface area contributed by atoms with Crippen molar-refractivity contribution >= 4 is 17.5 Å². The summed E-state index contributed by atoms with van der Waals surface area (Å²) < 4.78 is 0. The number of amides is 2. The van der Waals surface area contributed by atoms with Gasteiger partial charge in [-0.1, -0.05) is 26.8 Å². The monoisotopic (exact) mass is 274 g/mol. The summed E-state index contributed by atoms with van der Waals surface area (Å²) in [6.07, 6.45) is 0. The quantitative estimate of drug-likeness (QED) is 0.853. The standard InChI is InChI=1S/C16H22N2O2/c1-10-6-7-12(8-11(10)2)18-9-13(19)17-14(15(18)20)16(3,4)5/h6-8,14H,9H2,1-5H3,(H,17,19). The zero-order valence-electron chi connectivity index (χ0n) is 12.8. The fraction of sp³-hybridized carbons (Fsp3) is 0.500. The van der Waals surface area contributed by atoms with Crippen LogP contribution in [0.2, 0.25) is 0 Å². The number of hydrogen-bond donors (Lipinski definition) is 1. The normalized spacial score (nSPS) is 20.1. The lowest BCUT2D eigenvalue weighted by molar-refractivity contribution is -0.133. The number of aryl methyl sites for hydroxylation is 2. The number of hydrogen-bond acceptors (Lipinski definition) is 2. The lowest BCUT2D eigenvalue weighted by Crippen LogP contribution is -2.62. The van der Waals surface area contributed by atoms with Gasteiger partial charge in [-0.05, 0) is 42.5 Å². The summed E-state index contributed by atoms with van der Waals surface area (Å²) in [5, 5.41) is 2.80. The molecule has 2 amide bonds. The van der Waals surface area contributed by atoms with E-state index in [9.17, 15) is 9.59 Å². The fourth-order valence-electron chi connectivity index (χ4n) is 2.34. The summed E-state index contributed by atoms with van der Waals surface area (Å²) in [4.78, 5) is 26.1. The van der Waals surface area contributed by atoms with Crippen LogP contribution in [0, 0.1) is 19.3 Å². The molecule has 1 saturated heterocycles. The van der Waals surface area contributed by atoms with Crippen LogP contribution in [0.4, 0.5) is 5.69 Å². The van der Waals surface area contributed by atoms with Gasteiger partial charge in [-0.25, -0.2) is 0 Å². The molecule has 20 heavy (non-hydrogen) atoms. The molecule has 0 bridgehead atoms. The third kappa shape index (κ3) is 2.69. The van der Waals surface area contributed by atoms with Crippen LogP contribution in [0.1, 0.15) is 31.9 Å². The molecular weight excluding hydrogens is 252 g/mol. The molecule has 1 unspecified atom stereocenters. The molecule has 1 N–H and O–H groups in total. The summed E-state index contributed by atoms with van der Waals surface area (Å²) in [5.41, 5.74) is 2.79. The SMILES string of the molecule is Cc1ccc(N2CC(=O)NC(C(C)(C)C)C2=O)cc1C. The second-order valence-electron chi connectivity index (χ2n) is 6.56. The number of piperazine rings is 1. The molecular formula is C16H22N2O2. The third-order valence-corrected chi connectivity index (χ3v) is 3.79. The van der Waals surface area contributed by atoms with E-state index < -0.39 is 6.04 Å². The largest absolute Gasteiger partial charge is 0.342 e. The zero-order valence-corrected chi connectivity index (χ0v) is 12.8. The van der Waals surface area contributed by atoms with Gasteiger partial charge in [0.1, 0.15) is 12.6 Å². The van der Waals surface area contributed by atoms with Gasteiger partial charge >= 0.3 is 0 Å². The molecule has 2 rings (SSSR count). The first-order valence-electron chi connectivity index (χ1n) is 6.88. The van der Waals surface area contributed by atoms with E-state index in [0.29, 0.717) is 0 Å². The summed E-state index contributed by atoms with van der Waals surface area (Å²) in [6, 6.07) is 5.37. The number of anilines is 1. The maximum Gasteiger partial charge on any atom is 0.250 e. The Labute approximate surface area is 120 Å². The van der Waals surface area contributed by atoms with Crippen LogP contribution < -0.4 is 10.2 Å². The maximum absolute atomic E-state index is 12.6. The van der Waals surface area contributed by atoms with Crippen LogP contribution >= 0.6 is 0 Å². The van der Waals surface area contributed by atoms with E-state index in [1.165, 1.54) is 5.56 Å². The molecule has 1 atom stereocenters. The van der Waals surface area contributed by atoms with Crippen molar-refractivity contribution in [2.24, 2.45) is 5.41 Å². The number of carbonyl (C=O) groups is 2. The summed E-state index contributed by atoms with van der Waals surface area (Å²) in [5.74, 6) is -0.150. The van der Waals surface area contributed by atoms with Gasteiger partial charge in [0.25, 0.3) is 5.91 Å². The first-order valence-corrected chi connectivity index (χ1v) is 6.88. The van der Waals surface area contributed by atoms with Crippen molar-refractivity contribution in [1.29, 1.82) is 0 Å². The molecule has 4 nitrogen and oxygen atoms in total. The van der Waals surface area contributed by atoms with Gasteiger partial charge in [-0.15, -0.1) is 0 Å². The summed E-state index contributed by atoms with van der Waals surface area (Å²) >= 11 is 0. The molecule has 4 heteroatoms. The van der Waals surface area contributed by atoms with Gasteiger partial charge < -0.3 is 10.2 Å². The highest BCUT2D eigenvalue weighted by molar-refractivity contribution is 6.07. The van der Waals surface area contributed by atoms with Gasteiger partial charge in [0.05, 0.1) is 0 Å². The van der Waals surface area contributed by atoms with E-state index in [1.54, 1.807) is 4.90 Å². The average molecular weight is 274 g/mol. The van der Waals surface area contributed by atoms with Crippen molar-refractivity contribution in [2.75, 3.05) is 11.4 Å². The molecule has 108 valence electrons. The van der Waals surface area contributed by atoms with Gasteiger partial charge in [0.2, 0.25) is 5.91 Å². The highest BCUT2D eigenvalue weighted by Gasteiger charge is 2.40. The number of rotatable bonds is 1. The average Bonchev–Trinajstić information content (AvgIpc) is 2.34. The molecule has 0 radical (unpaired) electrons. The molecule has 1 aromatic carbocycles. The Balaban J connectivity index is 2.37. The predicted octanol–water partition coefficient (Wildman–Crippen LogP) is 2.18. The van der Waals surface area contributed by atoms with Crippen LogP contribution in [0.25, 0.3) is 0 Å². The maximum atomic E-state index is 12.6. The highest BCUT2D eigenvalue weighted by Crippen LogP contribution is 2.27. The van der Waals surface area contributed by atoms with Crippen molar-refractivity contribution < 1.29 is 9.59 Å². The Kier molecular flexibility index (Phi) is 3.59. The zero-order chi connectivity index (χ0) is 15.1. The summed E-state index contributed by atoms with van der Waals surface area (Å²) in [6.45, 7) is 10.0. The van der Waals surface area contributed by atoms with E-state index in [2.05, 4.69) is 5.32 Å². The second kappa shape index (κ2) is 4.93. The summed E-state index contributed by atoms with van der Waals surface area (Å²) in [7, 11) is 0. The van der Waals surface area contributed by atoms with Crippen molar-refractivity contribution in [3.05, 3.63) is 29.3 Å². The van der Waals surface area contributed by atoms with Crippen molar-refractivity contribution in [2.45, 2.75) is 40.7 Å². The smallest absolute Gasteiger partial charge is 0.250 e. The number of benzene rings is 1. The molecule has 1 fully saturated rings. The van der Waals surface area contributed by atoms with Crippen molar-refractivity contribution in [1.82, 2.24) is 5.32 Å². The molecule has 0 spiro atoms. The Morgan fingerprint density at radius 3 is 2.35 bits per heavy atom. The molecule has 0 aromatic heterocycles. The molecule has 1 heterocycles. The number of nitrogens with zero attached hydrogens (tertiary/aromatic N) is 1. The fourth-order valence-corrected chi connectivity index (χ4v) is 2.34. The Hall–Kier alpha value is -1.84. The molecule has 1 aliphatic rings. The van der Waals surface area contributed by atoms with Gasteiger partial charge in [-0.3, -0.25) is 9.59 Å². The Morgan fingerprint density at radius 2 is 1.80 bits per heavy atom. The van der Waals surface area contributed by atoms with Crippen molar-refractivity contribution in [3.63, 3.8) is 0 Å². The molecule has 0 aliphatic carbocycles. The van der Waals surface area contributed by atoms with E-state index in [-0.39, 0.29) is 23.8 Å². The lowest BCUT2D eigenvalue weighted by atomic mass is 9.84. The first kappa shape index (κ1) is 14.6. The predicted molar refractivity (Wildman–Crippen MR) is 79.7 cm³/mol. The van der Waals surface area contributed by atoms with Crippen LogP contribution in [0.5, 0.6) is 0 Å². The topological polar surface area (TPSA) is 49.4 Å². The van der Waals surface area contributed by atoms with E-state index >= 15 is 0 Å². The minimum Gasteiger partial charge on any atom is -0.342 e. The Bertz CT molecular complexity index is 558. The highest BCUT2D eigenvalue weighted by atomic mass is 16.2.